The molecule has 0 unspecified atom stereocenters. The molecule has 242 valence electrons. The van der Waals surface area contributed by atoms with Gasteiger partial charge in [0.15, 0.2) is 0 Å². The molecule has 0 N–H and O–H groups in total. The summed E-state index contributed by atoms with van der Waals surface area (Å²) in [6.07, 6.45) is 9.88. The van der Waals surface area contributed by atoms with Gasteiger partial charge in [0.25, 0.3) is 0 Å². The van der Waals surface area contributed by atoms with Crippen molar-refractivity contribution in [3.05, 3.63) is 207 Å². The monoisotopic (exact) mass is 680 g/mol. The van der Waals surface area contributed by atoms with Crippen molar-refractivity contribution in [3.63, 3.8) is 0 Å². The highest BCUT2D eigenvalue weighted by Gasteiger charge is 2.33. The van der Waals surface area contributed by atoms with Crippen LogP contribution in [0.25, 0.3) is 0 Å². The van der Waals surface area contributed by atoms with Crippen molar-refractivity contribution in [2.45, 2.75) is 0 Å². The highest BCUT2D eigenvalue weighted by atomic mass is 31.2. The maximum Gasteiger partial charge on any atom is 0.115 e. The fourth-order valence-corrected chi connectivity index (χ4v) is 13.0. The first kappa shape index (κ1) is 31.7. The Kier molecular flexibility index (Phi) is 8.29. The van der Waals surface area contributed by atoms with Crippen molar-refractivity contribution < 1.29 is 0 Å². The Morgan fingerprint density at radius 2 is 0.540 bits per heavy atom. The van der Waals surface area contributed by atoms with E-state index in [4.69, 9.17) is 12.6 Å². The van der Waals surface area contributed by atoms with Gasteiger partial charge in [-0.3, -0.25) is 9.80 Å². The molecule has 1 aliphatic rings. The summed E-state index contributed by atoms with van der Waals surface area (Å²) in [4.78, 5) is 4.52. The van der Waals surface area contributed by atoms with Crippen molar-refractivity contribution in [2.24, 2.45) is 0 Å². The van der Waals surface area contributed by atoms with Crippen LogP contribution in [0.2, 0.25) is 0 Å². The van der Waals surface area contributed by atoms with Crippen molar-refractivity contribution >= 4 is 80.9 Å². The number of nitrogens with zero attached hydrogens (tertiary/aromatic N) is 2. The van der Waals surface area contributed by atoms with Gasteiger partial charge in [0.2, 0.25) is 0 Å². The highest BCUT2D eigenvalue weighted by molar-refractivity contribution is 7.93. The number of benzene rings is 7. The van der Waals surface area contributed by atoms with E-state index in [-0.39, 0.29) is 0 Å². The minimum Gasteiger partial charge on any atom is -0.295 e. The van der Waals surface area contributed by atoms with E-state index in [0.29, 0.717) is 0 Å². The van der Waals surface area contributed by atoms with Gasteiger partial charge in [-0.2, -0.15) is 0 Å². The molecule has 4 heteroatoms. The van der Waals surface area contributed by atoms with Crippen LogP contribution in [0.5, 0.6) is 0 Å². The Balaban J connectivity index is 1.16. The van der Waals surface area contributed by atoms with E-state index < -0.39 is 13.8 Å². The third-order valence-corrected chi connectivity index (χ3v) is 16.8. The minimum atomic E-state index is -2.09. The van der Waals surface area contributed by atoms with Crippen molar-refractivity contribution in [3.8, 4) is 0 Å². The molecule has 7 aromatic carbocycles. The summed E-state index contributed by atoms with van der Waals surface area (Å²) in [5.74, 6) is 0.885. The van der Waals surface area contributed by atoms with Crippen molar-refractivity contribution in [1.29, 1.82) is 0 Å². The quantitative estimate of drug-likeness (QED) is 0.148. The molecule has 0 amide bonds. The first-order valence-electron chi connectivity index (χ1n) is 16.8. The van der Waals surface area contributed by atoms with Gasteiger partial charge in [-0.15, -0.1) is 0 Å². The minimum absolute atomic E-state index is 0.885. The average Bonchev–Trinajstić information content (AvgIpc) is 3.50. The molecule has 0 aromatic heterocycles. The molecule has 1 heterocycles. The fourth-order valence-electron chi connectivity index (χ4n) is 7.13. The number of para-hydroxylation sites is 2. The smallest absolute Gasteiger partial charge is 0.115 e. The van der Waals surface area contributed by atoms with Crippen LogP contribution in [-0.4, -0.2) is 12.6 Å². The van der Waals surface area contributed by atoms with Crippen LogP contribution >= 0.6 is 13.8 Å². The molecule has 0 atom stereocenters. The van der Waals surface area contributed by atoms with Gasteiger partial charge in [-0.05, 0) is 82.0 Å². The maximum atomic E-state index is 4.94. The van der Waals surface area contributed by atoms with Crippen molar-refractivity contribution in [2.75, 3.05) is 9.80 Å². The van der Waals surface area contributed by atoms with Gasteiger partial charge in [-0.25, -0.2) is 0 Å². The van der Waals surface area contributed by atoms with Gasteiger partial charge in [0.05, 0.1) is 11.4 Å². The summed E-state index contributed by atoms with van der Waals surface area (Å²) in [7, 11) is 0. The molecule has 0 spiro atoms. The third-order valence-electron chi connectivity index (χ3n) is 9.76. The normalized spacial score (nSPS) is 12.9. The molecular formula is C46H38N2P2. The lowest BCUT2D eigenvalue weighted by Crippen LogP contribution is -2.26. The number of anilines is 4. The summed E-state index contributed by atoms with van der Waals surface area (Å²) in [5, 5.41) is 7.52. The van der Waals surface area contributed by atoms with E-state index in [1.54, 1.807) is 0 Å². The third kappa shape index (κ3) is 5.30. The topological polar surface area (TPSA) is 6.48 Å². The first-order valence-corrected chi connectivity index (χ1v) is 20.7. The van der Waals surface area contributed by atoms with Crippen LogP contribution in [0.3, 0.4) is 0 Å². The SMILES string of the molecule is C=C1N(c2ccc(P(=C)(c3ccccc3)c3ccccc3)cc2)c2ccccc2N1c1ccc(P(=C)(c2ccccc2)c2ccccc2)cc1. The molecule has 0 bridgehead atoms. The molecule has 7 aromatic rings. The van der Waals surface area contributed by atoms with Gasteiger partial charge in [0.1, 0.15) is 5.82 Å². The van der Waals surface area contributed by atoms with Gasteiger partial charge in [0, 0.05) is 11.4 Å². The number of fused-ring (bicyclic) bond motifs is 1. The second kappa shape index (κ2) is 13.1. The maximum absolute atomic E-state index is 4.94. The Morgan fingerprint density at radius 1 is 0.300 bits per heavy atom. The van der Waals surface area contributed by atoms with E-state index in [2.05, 4.69) is 211 Å². The van der Waals surface area contributed by atoms with Gasteiger partial charge in [-0.1, -0.05) is 177 Å². The predicted octanol–water partition coefficient (Wildman–Crippen LogP) is 8.90. The summed E-state index contributed by atoms with van der Waals surface area (Å²) < 4.78 is 0. The summed E-state index contributed by atoms with van der Waals surface area (Å²) >= 11 is 0. The number of hydrogen-bond acceptors (Lipinski definition) is 2. The molecule has 8 rings (SSSR count). The summed E-state index contributed by atoms with van der Waals surface area (Å²) in [5.41, 5.74) is 4.33. The van der Waals surface area contributed by atoms with Crippen LogP contribution in [0, 0.1) is 0 Å². The molecular weight excluding hydrogens is 642 g/mol. The average molecular weight is 681 g/mol. The molecule has 0 aliphatic carbocycles. The lowest BCUT2D eigenvalue weighted by Gasteiger charge is -2.29. The molecule has 0 saturated carbocycles. The summed E-state index contributed by atoms with van der Waals surface area (Å²) in [6, 6.07) is 69.3. The largest absolute Gasteiger partial charge is 0.295 e. The van der Waals surface area contributed by atoms with Crippen LogP contribution in [0.15, 0.2) is 207 Å². The Hall–Kier alpha value is -5.52. The predicted molar refractivity (Wildman–Crippen MR) is 224 cm³/mol. The zero-order valence-corrected chi connectivity index (χ0v) is 29.7. The Labute approximate surface area is 296 Å². The van der Waals surface area contributed by atoms with Crippen LogP contribution in [0.4, 0.5) is 22.7 Å². The summed E-state index contributed by atoms with van der Waals surface area (Å²) in [6.45, 7) is 0.486. The lowest BCUT2D eigenvalue weighted by molar-refractivity contribution is 1.14. The standard InChI is InChI=1S/C46H38N2P2/c1-36-47(37-28-32-43(33-29-37)49(2,39-18-8-4-9-19-39)40-20-10-5-11-21-40)45-26-16-17-27-46(45)48(36)38-30-34-44(35-31-38)50(3,41-22-12-6-13-23-41)42-24-14-7-15-25-42/h4-35H,1-3H2. The highest BCUT2D eigenvalue weighted by Crippen LogP contribution is 2.50. The zero-order valence-electron chi connectivity index (χ0n) is 27.9. The number of rotatable bonds is 8. The van der Waals surface area contributed by atoms with Crippen molar-refractivity contribution in [1.82, 2.24) is 0 Å². The number of hydrogen-bond donors (Lipinski definition) is 0. The Bertz CT molecular complexity index is 2110. The van der Waals surface area contributed by atoms with E-state index in [1.165, 1.54) is 31.8 Å². The molecule has 50 heavy (non-hydrogen) atoms. The van der Waals surface area contributed by atoms with E-state index in [9.17, 15) is 0 Å². The lowest BCUT2D eigenvalue weighted by atomic mass is 10.2. The first-order chi connectivity index (χ1) is 24.5. The second-order valence-corrected chi connectivity index (χ2v) is 18.9. The Morgan fingerprint density at radius 3 is 0.820 bits per heavy atom. The van der Waals surface area contributed by atoms with E-state index in [1.807, 2.05) is 0 Å². The van der Waals surface area contributed by atoms with E-state index in [0.717, 1.165) is 28.6 Å². The van der Waals surface area contributed by atoms with Gasteiger partial charge >= 0.3 is 0 Å². The van der Waals surface area contributed by atoms with Crippen LogP contribution < -0.4 is 41.6 Å². The van der Waals surface area contributed by atoms with Crippen LogP contribution in [-0.2, 0) is 0 Å². The fraction of sp³-hybridized carbons (Fsp3) is 0. The molecule has 1 aliphatic heterocycles. The second-order valence-electron chi connectivity index (χ2n) is 12.6. The molecule has 0 fully saturated rings. The molecule has 0 saturated heterocycles. The van der Waals surface area contributed by atoms with Gasteiger partial charge < -0.3 is 0 Å². The zero-order chi connectivity index (χ0) is 34.1. The van der Waals surface area contributed by atoms with E-state index >= 15 is 0 Å². The molecule has 2 nitrogen and oxygen atoms in total. The molecule has 0 radical (unpaired) electrons. The van der Waals surface area contributed by atoms with Crippen LogP contribution in [0.1, 0.15) is 0 Å².